The third kappa shape index (κ3) is 4.23. The first-order valence-corrected chi connectivity index (χ1v) is 6.87. The molecule has 18 heavy (non-hydrogen) atoms. The fraction of sp³-hybridized carbons (Fsp3) is 0.923. The number of nitrogens with two attached hydrogens (primary N) is 1. The van der Waals surface area contributed by atoms with Crippen LogP contribution in [0.2, 0.25) is 0 Å². The van der Waals surface area contributed by atoms with E-state index in [9.17, 15) is 4.79 Å². The minimum Gasteiger partial charge on any atom is -0.383 e. The van der Waals surface area contributed by atoms with E-state index >= 15 is 0 Å². The maximum atomic E-state index is 11.9. The van der Waals surface area contributed by atoms with Gasteiger partial charge in [-0.3, -0.25) is 9.69 Å². The summed E-state index contributed by atoms with van der Waals surface area (Å²) in [6.07, 6.45) is 2.25. The average molecular weight is 257 g/mol. The van der Waals surface area contributed by atoms with Crippen molar-refractivity contribution in [2.75, 3.05) is 39.9 Å². The van der Waals surface area contributed by atoms with Crippen LogP contribution in [-0.4, -0.2) is 67.7 Å². The first kappa shape index (κ1) is 15.4. The number of ether oxygens (including phenoxy) is 1. The molecule has 2 N–H and O–H groups in total. The number of amides is 1. The van der Waals surface area contributed by atoms with E-state index in [1.54, 1.807) is 14.0 Å². The summed E-state index contributed by atoms with van der Waals surface area (Å²) in [5.41, 5.74) is 5.68. The van der Waals surface area contributed by atoms with Gasteiger partial charge >= 0.3 is 0 Å². The Hall–Kier alpha value is -0.650. The molecule has 1 amide bonds. The molecule has 5 heteroatoms. The maximum absolute atomic E-state index is 11.9. The summed E-state index contributed by atoms with van der Waals surface area (Å²) < 4.78 is 5.14. The first-order valence-electron chi connectivity index (χ1n) is 6.87. The molecule has 1 fully saturated rings. The van der Waals surface area contributed by atoms with Crippen LogP contribution in [0.1, 0.15) is 26.7 Å². The molecule has 0 aliphatic carbocycles. The van der Waals surface area contributed by atoms with Crippen LogP contribution in [0.5, 0.6) is 0 Å². The van der Waals surface area contributed by atoms with Crippen molar-refractivity contribution in [2.45, 2.75) is 38.8 Å². The molecule has 1 saturated heterocycles. The Kier molecular flexibility index (Phi) is 6.60. The lowest BCUT2D eigenvalue weighted by molar-refractivity contribution is -0.135. The Balaban J connectivity index is 2.55. The second kappa shape index (κ2) is 7.71. The summed E-state index contributed by atoms with van der Waals surface area (Å²) in [7, 11) is 1.73. The normalized spacial score (nSPS) is 23.1. The largest absolute Gasteiger partial charge is 0.383 e. The standard InChI is InChI=1S/C13H27N3O2/c1-4-5-12-10-16(13(17)11(2)14)7-6-15(12)8-9-18-3/h11-12H,4-10,14H2,1-3H3. The molecule has 5 nitrogen and oxygen atoms in total. The lowest BCUT2D eigenvalue weighted by atomic mass is 10.1. The van der Waals surface area contributed by atoms with E-state index in [-0.39, 0.29) is 5.91 Å². The predicted octanol–water partition coefficient (Wildman–Crippen LogP) is 0.293. The highest BCUT2D eigenvalue weighted by atomic mass is 16.5. The topological polar surface area (TPSA) is 58.8 Å². The van der Waals surface area contributed by atoms with E-state index in [1.165, 1.54) is 0 Å². The summed E-state index contributed by atoms with van der Waals surface area (Å²) in [5.74, 6) is 0.0718. The van der Waals surface area contributed by atoms with Crippen molar-refractivity contribution < 1.29 is 9.53 Å². The summed E-state index contributed by atoms with van der Waals surface area (Å²) in [6.45, 7) is 8.15. The van der Waals surface area contributed by atoms with Crippen molar-refractivity contribution in [3.8, 4) is 0 Å². The fourth-order valence-electron chi connectivity index (χ4n) is 2.49. The highest BCUT2D eigenvalue weighted by Crippen LogP contribution is 2.15. The fourth-order valence-corrected chi connectivity index (χ4v) is 2.49. The predicted molar refractivity (Wildman–Crippen MR) is 72.4 cm³/mol. The Morgan fingerprint density at radius 3 is 2.78 bits per heavy atom. The van der Waals surface area contributed by atoms with Gasteiger partial charge < -0.3 is 15.4 Å². The molecule has 1 rings (SSSR count). The van der Waals surface area contributed by atoms with Gasteiger partial charge in [-0.05, 0) is 13.3 Å². The second-order valence-corrected chi connectivity index (χ2v) is 5.04. The van der Waals surface area contributed by atoms with Gasteiger partial charge in [-0.25, -0.2) is 0 Å². The average Bonchev–Trinajstić information content (AvgIpc) is 2.36. The summed E-state index contributed by atoms with van der Waals surface area (Å²) >= 11 is 0. The first-order chi connectivity index (χ1) is 8.60. The van der Waals surface area contributed by atoms with Gasteiger partial charge in [0, 0.05) is 39.3 Å². The molecule has 0 aromatic carbocycles. The molecule has 2 atom stereocenters. The Labute approximate surface area is 110 Å². The zero-order valence-electron chi connectivity index (χ0n) is 11.9. The van der Waals surface area contributed by atoms with Crippen LogP contribution in [0.25, 0.3) is 0 Å². The van der Waals surface area contributed by atoms with E-state index in [4.69, 9.17) is 10.5 Å². The van der Waals surface area contributed by atoms with Crippen molar-refractivity contribution in [3.05, 3.63) is 0 Å². The summed E-state index contributed by atoms with van der Waals surface area (Å²) in [4.78, 5) is 16.3. The SMILES string of the molecule is CCCC1CN(C(=O)C(C)N)CCN1CCOC. The van der Waals surface area contributed by atoms with Crippen LogP contribution in [0, 0.1) is 0 Å². The molecule has 106 valence electrons. The molecule has 2 unspecified atom stereocenters. The van der Waals surface area contributed by atoms with Gasteiger partial charge in [-0.15, -0.1) is 0 Å². The minimum atomic E-state index is -0.391. The van der Waals surface area contributed by atoms with Gasteiger partial charge in [-0.2, -0.15) is 0 Å². The molecule has 0 radical (unpaired) electrons. The molecule has 0 aromatic heterocycles. The zero-order valence-corrected chi connectivity index (χ0v) is 11.9. The van der Waals surface area contributed by atoms with Crippen molar-refractivity contribution in [1.82, 2.24) is 9.80 Å². The monoisotopic (exact) mass is 257 g/mol. The van der Waals surface area contributed by atoms with Gasteiger partial charge in [0.1, 0.15) is 0 Å². The van der Waals surface area contributed by atoms with E-state index in [0.717, 1.165) is 45.6 Å². The van der Waals surface area contributed by atoms with Gasteiger partial charge in [0.25, 0.3) is 0 Å². The minimum absolute atomic E-state index is 0.0718. The number of piperazine rings is 1. The van der Waals surface area contributed by atoms with Crippen LogP contribution in [0.15, 0.2) is 0 Å². The molecule has 0 bridgehead atoms. The van der Waals surface area contributed by atoms with Crippen LogP contribution >= 0.6 is 0 Å². The van der Waals surface area contributed by atoms with Crippen LogP contribution in [-0.2, 0) is 9.53 Å². The van der Waals surface area contributed by atoms with Crippen molar-refractivity contribution >= 4 is 5.91 Å². The van der Waals surface area contributed by atoms with Gasteiger partial charge in [0.05, 0.1) is 12.6 Å². The zero-order chi connectivity index (χ0) is 13.5. The Morgan fingerprint density at radius 2 is 2.22 bits per heavy atom. The maximum Gasteiger partial charge on any atom is 0.239 e. The lowest BCUT2D eigenvalue weighted by Gasteiger charge is -2.42. The third-order valence-corrected chi connectivity index (χ3v) is 3.51. The van der Waals surface area contributed by atoms with Crippen molar-refractivity contribution in [1.29, 1.82) is 0 Å². The molecular formula is C13H27N3O2. The number of carbonyl (C=O) groups is 1. The molecule has 0 saturated carbocycles. The number of hydrogen-bond acceptors (Lipinski definition) is 4. The van der Waals surface area contributed by atoms with E-state index in [0.29, 0.717) is 6.04 Å². The highest BCUT2D eigenvalue weighted by Gasteiger charge is 2.29. The third-order valence-electron chi connectivity index (χ3n) is 3.51. The van der Waals surface area contributed by atoms with E-state index in [1.807, 2.05) is 4.90 Å². The molecule has 1 aliphatic rings. The number of rotatable bonds is 6. The number of nitrogens with zero attached hydrogens (tertiary/aromatic N) is 2. The molecule has 0 aromatic rings. The van der Waals surface area contributed by atoms with Crippen LogP contribution < -0.4 is 5.73 Å². The smallest absolute Gasteiger partial charge is 0.239 e. The number of carbonyl (C=O) groups excluding carboxylic acids is 1. The second-order valence-electron chi connectivity index (χ2n) is 5.04. The van der Waals surface area contributed by atoms with Crippen LogP contribution in [0.4, 0.5) is 0 Å². The molecule has 1 aliphatic heterocycles. The van der Waals surface area contributed by atoms with Gasteiger partial charge in [-0.1, -0.05) is 13.3 Å². The summed E-state index contributed by atoms with van der Waals surface area (Å²) in [5, 5.41) is 0. The van der Waals surface area contributed by atoms with E-state index < -0.39 is 6.04 Å². The van der Waals surface area contributed by atoms with Crippen LogP contribution in [0.3, 0.4) is 0 Å². The number of methoxy groups -OCH3 is 1. The quantitative estimate of drug-likeness (QED) is 0.743. The Bertz CT molecular complexity index is 259. The number of hydrogen-bond donors (Lipinski definition) is 1. The molecular weight excluding hydrogens is 230 g/mol. The molecule has 1 heterocycles. The highest BCUT2D eigenvalue weighted by molar-refractivity contribution is 5.81. The molecule has 0 spiro atoms. The Morgan fingerprint density at radius 1 is 1.50 bits per heavy atom. The van der Waals surface area contributed by atoms with Gasteiger partial charge in [0.2, 0.25) is 5.91 Å². The van der Waals surface area contributed by atoms with Crippen molar-refractivity contribution in [3.63, 3.8) is 0 Å². The van der Waals surface area contributed by atoms with Gasteiger partial charge in [0.15, 0.2) is 0 Å². The summed E-state index contributed by atoms with van der Waals surface area (Å²) in [6, 6.07) is 0.0550. The van der Waals surface area contributed by atoms with Crippen molar-refractivity contribution in [2.24, 2.45) is 5.73 Å². The lowest BCUT2D eigenvalue weighted by Crippen LogP contribution is -2.57. The van der Waals surface area contributed by atoms with E-state index in [2.05, 4.69) is 11.8 Å².